The molecule has 0 fully saturated rings. The number of rotatable bonds is 5. The van der Waals surface area contributed by atoms with Crippen LogP contribution in [-0.2, 0) is 11.3 Å². The van der Waals surface area contributed by atoms with E-state index >= 15 is 0 Å². The van der Waals surface area contributed by atoms with E-state index in [1.807, 2.05) is 19.3 Å². The van der Waals surface area contributed by atoms with Crippen LogP contribution in [0.1, 0.15) is 37.3 Å². The second-order valence-corrected chi connectivity index (χ2v) is 5.76. The van der Waals surface area contributed by atoms with Gasteiger partial charge < -0.3 is 19.7 Å². The Morgan fingerprint density at radius 1 is 1.59 bits per heavy atom. The molecule has 2 N–H and O–H groups in total. The van der Waals surface area contributed by atoms with Gasteiger partial charge in [-0.3, -0.25) is 4.79 Å². The molecule has 0 saturated heterocycles. The highest BCUT2D eigenvalue weighted by Gasteiger charge is 2.23. The van der Waals surface area contributed by atoms with E-state index in [9.17, 15) is 4.79 Å². The first kappa shape index (κ1) is 14.8. The van der Waals surface area contributed by atoms with Gasteiger partial charge >= 0.3 is 0 Å². The highest BCUT2D eigenvalue weighted by atomic mass is 16.5. The molecule has 2 aromatic rings. The van der Waals surface area contributed by atoms with Crippen molar-refractivity contribution < 1.29 is 9.32 Å². The van der Waals surface area contributed by atoms with Crippen LogP contribution >= 0.6 is 0 Å². The third kappa shape index (κ3) is 3.19. The highest BCUT2D eigenvalue weighted by molar-refractivity contribution is 5.93. The van der Waals surface area contributed by atoms with E-state index in [-0.39, 0.29) is 11.9 Å². The lowest BCUT2D eigenvalue weighted by Gasteiger charge is -2.25. The van der Waals surface area contributed by atoms with Crippen LogP contribution in [0, 0.1) is 6.92 Å². The van der Waals surface area contributed by atoms with Crippen LogP contribution in [0.15, 0.2) is 23.0 Å². The molecule has 0 bridgehead atoms. The van der Waals surface area contributed by atoms with Crippen LogP contribution < -0.4 is 10.6 Å². The van der Waals surface area contributed by atoms with Crippen LogP contribution in [0.4, 0.5) is 5.82 Å². The van der Waals surface area contributed by atoms with Crippen LogP contribution in [-0.4, -0.2) is 33.2 Å². The second-order valence-electron chi connectivity index (χ2n) is 5.76. The number of nitrogens with one attached hydrogen (secondary N) is 2. The Labute approximate surface area is 129 Å². The van der Waals surface area contributed by atoms with E-state index < -0.39 is 0 Å². The summed E-state index contributed by atoms with van der Waals surface area (Å²) in [6.45, 7) is 5.41. The van der Waals surface area contributed by atoms with Crippen molar-refractivity contribution in [2.45, 2.75) is 45.2 Å². The molecule has 1 aliphatic rings. The largest absolute Gasteiger partial charge is 0.360 e. The summed E-state index contributed by atoms with van der Waals surface area (Å²) in [4.78, 5) is 16.5. The zero-order valence-corrected chi connectivity index (χ0v) is 12.9. The van der Waals surface area contributed by atoms with Crippen molar-refractivity contribution in [1.82, 2.24) is 20.0 Å². The third-order valence-corrected chi connectivity index (χ3v) is 4.01. The molecule has 0 radical (unpaired) electrons. The first-order valence-corrected chi connectivity index (χ1v) is 7.62. The van der Waals surface area contributed by atoms with Crippen molar-refractivity contribution in [3.8, 4) is 0 Å². The summed E-state index contributed by atoms with van der Waals surface area (Å²) in [7, 11) is 0. The van der Waals surface area contributed by atoms with Crippen LogP contribution in [0.25, 0.3) is 0 Å². The van der Waals surface area contributed by atoms with Crippen molar-refractivity contribution in [3.05, 3.63) is 30.0 Å². The molecule has 22 heavy (non-hydrogen) atoms. The molecule has 0 spiro atoms. The summed E-state index contributed by atoms with van der Waals surface area (Å²) in [6.07, 6.45) is 6.11. The summed E-state index contributed by atoms with van der Waals surface area (Å²) < 4.78 is 7.13. The minimum Gasteiger partial charge on any atom is -0.360 e. The molecule has 0 aromatic carbocycles. The SMILES string of the molecule is Cc1cc(NC(=O)C(C)NCC2CCCn3ccnc32)no1. The molecule has 2 unspecified atom stereocenters. The predicted octanol–water partition coefficient (Wildman–Crippen LogP) is 1.67. The second kappa shape index (κ2) is 6.31. The average Bonchev–Trinajstić information content (AvgIpc) is 3.13. The average molecular weight is 303 g/mol. The molecule has 7 nitrogen and oxygen atoms in total. The smallest absolute Gasteiger partial charge is 0.242 e. The van der Waals surface area contributed by atoms with Gasteiger partial charge in [-0.2, -0.15) is 0 Å². The zero-order valence-electron chi connectivity index (χ0n) is 12.9. The molecule has 2 atom stereocenters. The Morgan fingerprint density at radius 2 is 2.45 bits per heavy atom. The Hall–Kier alpha value is -2.15. The summed E-state index contributed by atoms with van der Waals surface area (Å²) in [5, 5.41) is 9.79. The molecular weight excluding hydrogens is 282 g/mol. The fourth-order valence-electron chi connectivity index (χ4n) is 2.77. The van der Waals surface area contributed by atoms with Gasteiger partial charge in [0.15, 0.2) is 5.82 Å². The van der Waals surface area contributed by atoms with Gasteiger partial charge in [-0.05, 0) is 26.7 Å². The fourth-order valence-corrected chi connectivity index (χ4v) is 2.77. The lowest BCUT2D eigenvalue weighted by atomic mass is 9.98. The number of hydrogen-bond donors (Lipinski definition) is 2. The predicted molar refractivity (Wildman–Crippen MR) is 81.5 cm³/mol. The Kier molecular flexibility index (Phi) is 4.24. The van der Waals surface area contributed by atoms with Gasteiger partial charge in [-0.25, -0.2) is 4.98 Å². The van der Waals surface area contributed by atoms with Gasteiger partial charge in [-0.1, -0.05) is 5.16 Å². The molecule has 1 amide bonds. The number of carbonyl (C=O) groups is 1. The lowest BCUT2D eigenvalue weighted by molar-refractivity contribution is -0.117. The van der Waals surface area contributed by atoms with Crippen molar-refractivity contribution in [2.75, 3.05) is 11.9 Å². The van der Waals surface area contributed by atoms with Crippen molar-refractivity contribution >= 4 is 11.7 Å². The van der Waals surface area contributed by atoms with E-state index in [1.54, 1.807) is 13.0 Å². The lowest BCUT2D eigenvalue weighted by Crippen LogP contribution is -2.40. The van der Waals surface area contributed by atoms with Crippen LogP contribution in [0.2, 0.25) is 0 Å². The van der Waals surface area contributed by atoms with Crippen LogP contribution in [0.3, 0.4) is 0 Å². The van der Waals surface area contributed by atoms with Gasteiger partial charge in [0.2, 0.25) is 5.91 Å². The fraction of sp³-hybridized carbons (Fsp3) is 0.533. The molecule has 0 saturated carbocycles. The Bertz CT molecular complexity index is 648. The molecule has 2 aromatic heterocycles. The van der Waals surface area contributed by atoms with E-state index in [0.29, 0.717) is 17.5 Å². The number of imidazole rings is 1. The van der Waals surface area contributed by atoms with Gasteiger partial charge in [0, 0.05) is 37.5 Å². The number of carbonyl (C=O) groups excluding carboxylic acids is 1. The van der Waals surface area contributed by atoms with E-state index in [1.165, 1.54) is 0 Å². The molecule has 118 valence electrons. The number of hydrogen-bond acceptors (Lipinski definition) is 5. The standard InChI is InChI=1S/C15H21N5O2/c1-10-8-13(19-22-10)18-15(21)11(2)17-9-12-4-3-6-20-7-5-16-14(12)20/h5,7-8,11-12,17H,3-4,6,9H2,1-2H3,(H,18,19,21). The van der Waals surface area contributed by atoms with Crippen molar-refractivity contribution in [1.29, 1.82) is 0 Å². The van der Waals surface area contributed by atoms with Gasteiger partial charge in [0.1, 0.15) is 11.6 Å². The minimum atomic E-state index is -0.303. The number of anilines is 1. The topological polar surface area (TPSA) is 85.0 Å². The van der Waals surface area contributed by atoms with E-state index in [2.05, 4.69) is 25.3 Å². The van der Waals surface area contributed by atoms with Gasteiger partial charge in [-0.15, -0.1) is 0 Å². The molecular formula is C15H21N5O2. The summed E-state index contributed by atoms with van der Waals surface area (Å²) >= 11 is 0. The minimum absolute atomic E-state index is 0.118. The quantitative estimate of drug-likeness (QED) is 0.877. The van der Waals surface area contributed by atoms with Crippen LogP contribution in [0.5, 0.6) is 0 Å². The van der Waals surface area contributed by atoms with Gasteiger partial charge in [0.05, 0.1) is 6.04 Å². The number of aryl methyl sites for hydroxylation is 2. The number of aromatic nitrogens is 3. The monoisotopic (exact) mass is 303 g/mol. The Balaban J connectivity index is 1.52. The third-order valence-electron chi connectivity index (χ3n) is 4.01. The molecule has 3 rings (SSSR count). The van der Waals surface area contributed by atoms with Gasteiger partial charge in [0.25, 0.3) is 0 Å². The molecule has 0 aliphatic carbocycles. The zero-order chi connectivity index (χ0) is 15.5. The van der Waals surface area contributed by atoms with E-state index in [0.717, 1.165) is 31.8 Å². The summed E-state index contributed by atoms with van der Waals surface area (Å²) in [6, 6.07) is 1.39. The normalized spacial score (nSPS) is 18.7. The maximum Gasteiger partial charge on any atom is 0.242 e. The van der Waals surface area contributed by atoms with Crippen molar-refractivity contribution in [3.63, 3.8) is 0 Å². The molecule has 7 heteroatoms. The first-order valence-electron chi connectivity index (χ1n) is 7.62. The number of fused-ring (bicyclic) bond motifs is 1. The Morgan fingerprint density at radius 3 is 3.23 bits per heavy atom. The molecule has 1 aliphatic heterocycles. The van der Waals surface area contributed by atoms with Crippen molar-refractivity contribution in [2.24, 2.45) is 0 Å². The first-order chi connectivity index (χ1) is 10.6. The maximum atomic E-state index is 12.1. The highest BCUT2D eigenvalue weighted by Crippen LogP contribution is 2.24. The molecule has 3 heterocycles. The summed E-state index contributed by atoms with van der Waals surface area (Å²) in [5.74, 6) is 2.47. The number of nitrogens with zero attached hydrogens (tertiary/aromatic N) is 3. The van der Waals surface area contributed by atoms with E-state index in [4.69, 9.17) is 4.52 Å². The maximum absolute atomic E-state index is 12.1. The summed E-state index contributed by atoms with van der Waals surface area (Å²) in [5.41, 5.74) is 0. The number of amides is 1.